The monoisotopic (exact) mass is 1060 g/mol. The third kappa shape index (κ3) is 42.8. The summed E-state index contributed by atoms with van der Waals surface area (Å²) in [6, 6.07) is -0.854. The minimum absolute atomic E-state index is 0.220. The molecule has 0 aromatic rings. The second-order valence-electron chi connectivity index (χ2n) is 22.4. The van der Waals surface area contributed by atoms with Crippen LogP contribution in [0.25, 0.3) is 0 Å². The van der Waals surface area contributed by atoms with Gasteiger partial charge in [0.25, 0.3) is 0 Å². The van der Waals surface area contributed by atoms with E-state index >= 15 is 0 Å². The molecule has 1 amide bonds. The Bertz CT molecular complexity index is 1290. The Morgan fingerprint density at radius 2 is 0.795 bits per heavy atom. The van der Waals surface area contributed by atoms with Crippen molar-refractivity contribution < 1.29 is 51.8 Å². The molecule has 7 unspecified atom stereocenters. The van der Waals surface area contributed by atoms with Gasteiger partial charge in [-0.3, -0.25) is 9.35 Å². The predicted molar refractivity (Wildman–Crippen MR) is 301 cm³/mol. The molecule has 0 bridgehead atoms. The average molecular weight is 1060 g/mol. The molecule has 0 saturated carbocycles. The Morgan fingerprint density at radius 3 is 1.10 bits per heavy atom. The summed E-state index contributed by atoms with van der Waals surface area (Å²) in [6.45, 7) is 3.52. The molecule has 1 aliphatic heterocycles. The molecule has 7 atom stereocenters. The van der Waals surface area contributed by atoms with Crippen molar-refractivity contribution in [3.8, 4) is 0 Å². The lowest BCUT2D eigenvalue weighted by molar-refractivity contribution is -0.298. The SMILES string of the molecule is CCCCCCCCCCCCCCCCCCCCCCCCCCCC(=O)NC(COC1OC(CO)C(O)C(OS(=O)(=O)O)C1O)C(O)CCCCCCCCCCCCCCCCCCCCCCC. The fourth-order valence-electron chi connectivity index (χ4n) is 10.6. The van der Waals surface area contributed by atoms with Crippen LogP contribution in [0, 0.1) is 0 Å². The lowest BCUT2D eigenvalue weighted by Gasteiger charge is -2.41. The smallest absolute Gasteiger partial charge is 0.394 e. The van der Waals surface area contributed by atoms with Crippen LogP contribution in [-0.4, -0.2) is 95.4 Å². The number of ether oxygens (including phenoxy) is 2. The van der Waals surface area contributed by atoms with Crippen LogP contribution in [-0.2, 0) is 28.9 Å². The molecule has 1 aliphatic rings. The Kier molecular flexibility index (Phi) is 48.6. The van der Waals surface area contributed by atoms with Crippen molar-refractivity contribution in [2.24, 2.45) is 0 Å². The maximum atomic E-state index is 13.2. The zero-order valence-electron chi connectivity index (χ0n) is 47.5. The number of rotatable bonds is 56. The van der Waals surface area contributed by atoms with Gasteiger partial charge < -0.3 is 35.2 Å². The number of carbonyl (C=O) groups excluding carboxylic acids is 1. The van der Waals surface area contributed by atoms with Crippen LogP contribution in [0.15, 0.2) is 0 Å². The van der Waals surface area contributed by atoms with E-state index in [0.717, 1.165) is 51.4 Å². The highest BCUT2D eigenvalue weighted by Gasteiger charge is 2.48. The van der Waals surface area contributed by atoms with Gasteiger partial charge in [0.15, 0.2) is 6.29 Å². The van der Waals surface area contributed by atoms with Crippen LogP contribution in [0.3, 0.4) is 0 Å². The number of aliphatic hydroxyl groups is 4. The highest BCUT2D eigenvalue weighted by atomic mass is 32.3. The topological polar surface area (TPSA) is 192 Å². The largest absolute Gasteiger partial charge is 0.397 e. The van der Waals surface area contributed by atoms with Gasteiger partial charge in [-0.25, -0.2) is 4.18 Å². The van der Waals surface area contributed by atoms with Crippen molar-refractivity contribution in [2.45, 2.75) is 365 Å². The standard InChI is InChI=1S/C60H119NO11S/c1-3-5-7-9-11-13-15-17-19-21-23-25-26-27-28-30-32-34-36-38-40-42-44-46-48-50-56(64)61-53(52-70-60-58(66)59(72-73(67,68)69)57(65)55(51-62)71-60)54(63)49-47-45-43-41-39-37-35-33-31-29-24-22-20-18-16-14-12-10-8-6-4-2/h53-55,57-60,62-63,65-66H,3-52H2,1-2H3,(H,61,64)(H,67,68,69). The van der Waals surface area contributed by atoms with Gasteiger partial charge in [-0.2, -0.15) is 8.42 Å². The molecule has 1 saturated heterocycles. The van der Waals surface area contributed by atoms with Crippen molar-refractivity contribution in [2.75, 3.05) is 13.2 Å². The fraction of sp³-hybridized carbons (Fsp3) is 0.983. The van der Waals surface area contributed by atoms with E-state index in [1.807, 2.05) is 0 Å². The lowest BCUT2D eigenvalue weighted by atomic mass is 9.99. The molecule has 436 valence electrons. The van der Waals surface area contributed by atoms with Gasteiger partial charge in [0.2, 0.25) is 5.91 Å². The molecule has 0 aromatic carbocycles. The van der Waals surface area contributed by atoms with Gasteiger partial charge in [-0.05, 0) is 12.8 Å². The molecule has 0 radical (unpaired) electrons. The third-order valence-corrected chi connectivity index (χ3v) is 15.9. The lowest BCUT2D eigenvalue weighted by Crippen LogP contribution is -2.61. The molecule has 6 N–H and O–H groups in total. The van der Waals surface area contributed by atoms with Crippen molar-refractivity contribution in [3.05, 3.63) is 0 Å². The Balaban J connectivity index is 2.29. The minimum atomic E-state index is -5.08. The summed E-state index contributed by atoms with van der Waals surface area (Å²) in [5.41, 5.74) is 0. The Labute approximate surface area is 449 Å². The molecule has 73 heavy (non-hydrogen) atoms. The summed E-state index contributed by atoms with van der Waals surface area (Å²) >= 11 is 0. The van der Waals surface area contributed by atoms with E-state index in [2.05, 4.69) is 23.3 Å². The van der Waals surface area contributed by atoms with Gasteiger partial charge in [0.05, 0.1) is 25.4 Å². The van der Waals surface area contributed by atoms with Gasteiger partial charge in [0.1, 0.15) is 24.4 Å². The van der Waals surface area contributed by atoms with E-state index in [4.69, 9.17) is 9.47 Å². The van der Waals surface area contributed by atoms with Crippen molar-refractivity contribution >= 4 is 16.3 Å². The number of aliphatic hydroxyl groups excluding tert-OH is 4. The fourth-order valence-corrected chi connectivity index (χ4v) is 11.1. The van der Waals surface area contributed by atoms with E-state index in [0.29, 0.717) is 12.8 Å². The number of hydrogen-bond acceptors (Lipinski definition) is 10. The first-order chi connectivity index (χ1) is 35.5. The van der Waals surface area contributed by atoms with Crippen LogP contribution in [0.1, 0.15) is 322 Å². The van der Waals surface area contributed by atoms with Crippen LogP contribution in [0.5, 0.6) is 0 Å². The summed E-state index contributed by atoms with van der Waals surface area (Å²) in [4.78, 5) is 13.2. The van der Waals surface area contributed by atoms with Crippen LogP contribution < -0.4 is 5.32 Å². The summed E-state index contributed by atoms with van der Waals surface area (Å²) in [5, 5.41) is 45.2. The number of unbranched alkanes of at least 4 members (excludes halogenated alkanes) is 44. The number of nitrogens with one attached hydrogen (secondary N) is 1. The van der Waals surface area contributed by atoms with E-state index in [-0.39, 0.29) is 12.5 Å². The highest BCUT2D eigenvalue weighted by Crippen LogP contribution is 2.26. The number of amides is 1. The second kappa shape index (κ2) is 50.6. The molecular weight excluding hydrogens is 943 g/mol. The molecule has 0 aliphatic carbocycles. The van der Waals surface area contributed by atoms with Crippen LogP contribution in [0.2, 0.25) is 0 Å². The Hall–Kier alpha value is -0.900. The molecule has 13 heteroatoms. The molecule has 1 fully saturated rings. The van der Waals surface area contributed by atoms with E-state index in [9.17, 15) is 38.2 Å². The summed E-state index contributed by atoms with van der Waals surface area (Å²) in [6.07, 6.45) is 51.1. The number of carbonyl (C=O) groups is 1. The van der Waals surface area contributed by atoms with Gasteiger partial charge in [-0.1, -0.05) is 303 Å². The van der Waals surface area contributed by atoms with Crippen LogP contribution in [0.4, 0.5) is 0 Å². The maximum absolute atomic E-state index is 13.2. The van der Waals surface area contributed by atoms with Gasteiger partial charge in [-0.15, -0.1) is 0 Å². The van der Waals surface area contributed by atoms with E-state index in [1.165, 1.54) is 244 Å². The molecule has 0 spiro atoms. The molecule has 1 heterocycles. The average Bonchev–Trinajstić information content (AvgIpc) is 3.37. The zero-order chi connectivity index (χ0) is 53.3. The van der Waals surface area contributed by atoms with Gasteiger partial charge >= 0.3 is 10.4 Å². The van der Waals surface area contributed by atoms with Crippen LogP contribution >= 0.6 is 0 Å². The first-order valence-corrected chi connectivity index (χ1v) is 32.8. The minimum Gasteiger partial charge on any atom is -0.394 e. The Morgan fingerprint density at radius 1 is 0.493 bits per heavy atom. The molecule has 1 rings (SSSR count). The maximum Gasteiger partial charge on any atom is 0.397 e. The first-order valence-electron chi connectivity index (χ1n) is 31.4. The highest BCUT2D eigenvalue weighted by molar-refractivity contribution is 7.80. The van der Waals surface area contributed by atoms with E-state index in [1.54, 1.807) is 0 Å². The van der Waals surface area contributed by atoms with Gasteiger partial charge in [0, 0.05) is 6.42 Å². The second-order valence-corrected chi connectivity index (χ2v) is 23.4. The summed E-state index contributed by atoms with van der Waals surface area (Å²) in [5.74, 6) is -0.220. The van der Waals surface area contributed by atoms with Crippen molar-refractivity contribution in [1.82, 2.24) is 5.32 Å². The molecular formula is C60H119NO11S. The number of hydrogen-bond donors (Lipinski definition) is 6. The first kappa shape index (κ1) is 70.1. The summed E-state index contributed by atoms with van der Waals surface area (Å²) < 4.78 is 48.0. The predicted octanol–water partition coefficient (Wildman–Crippen LogP) is 15.2. The van der Waals surface area contributed by atoms with E-state index < -0.39 is 59.9 Å². The molecule has 12 nitrogen and oxygen atoms in total. The third-order valence-electron chi connectivity index (χ3n) is 15.4. The molecule has 0 aromatic heterocycles. The summed E-state index contributed by atoms with van der Waals surface area (Å²) in [7, 11) is -5.08. The zero-order valence-corrected chi connectivity index (χ0v) is 48.3. The van der Waals surface area contributed by atoms with Crippen molar-refractivity contribution in [3.63, 3.8) is 0 Å². The van der Waals surface area contributed by atoms with Crippen molar-refractivity contribution in [1.29, 1.82) is 0 Å². The normalized spacial score (nSPS) is 19.1. The quantitative estimate of drug-likeness (QED) is 0.0251.